The molecular formula is C16H16O3S2. The largest absolute Gasteiger partial charge is 0.508 e. The van der Waals surface area contributed by atoms with Gasteiger partial charge in [0.2, 0.25) is 6.29 Å². The van der Waals surface area contributed by atoms with E-state index in [-0.39, 0.29) is 5.75 Å². The van der Waals surface area contributed by atoms with E-state index in [0.29, 0.717) is 11.3 Å². The second-order valence-corrected chi connectivity index (χ2v) is 6.72. The number of hydrogen-bond acceptors (Lipinski definition) is 5. The van der Waals surface area contributed by atoms with Crippen molar-refractivity contribution in [2.75, 3.05) is 0 Å². The van der Waals surface area contributed by atoms with Crippen LogP contribution >= 0.6 is 21.6 Å². The average molecular weight is 320 g/mol. The Morgan fingerprint density at radius 2 is 1.48 bits per heavy atom. The molecule has 0 radical (unpaired) electrons. The Kier molecular flexibility index (Phi) is 5.61. The summed E-state index contributed by atoms with van der Waals surface area (Å²) in [6.45, 7) is 5.35. The number of ether oxygens (including phenoxy) is 1. The van der Waals surface area contributed by atoms with Gasteiger partial charge in [0, 0.05) is 9.79 Å². The van der Waals surface area contributed by atoms with Crippen LogP contribution in [0.2, 0.25) is 0 Å². The number of aliphatic hydroxyl groups excluding tert-OH is 1. The van der Waals surface area contributed by atoms with Crippen molar-refractivity contribution < 1.29 is 14.9 Å². The smallest absolute Gasteiger partial charge is 0.219 e. The first kappa shape index (κ1) is 15.8. The van der Waals surface area contributed by atoms with Gasteiger partial charge in [0.05, 0.1) is 0 Å². The van der Waals surface area contributed by atoms with Crippen molar-refractivity contribution in [3.63, 3.8) is 0 Å². The molecule has 5 heteroatoms. The van der Waals surface area contributed by atoms with Crippen molar-refractivity contribution in [3.8, 4) is 11.5 Å². The van der Waals surface area contributed by atoms with Crippen LogP contribution in [0.25, 0.3) is 0 Å². The summed E-state index contributed by atoms with van der Waals surface area (Å²) in [5.41, 5.74) is 0.566. The standard InChI is InChI=1S/C16H16O3S2/c1-11(2)16(18)19-13-5-9-15(10-6-13)21-20-14-7-3-12(17)4-8-14/h3-10,16-18H,1H2,2H3. The van der Waals surface area contributed by atoms with E-state index in [2.05, 4.69) is 6.58 Å². The molecule has 2 N–H and O–H groups in total. The van der Waals surface area contributed by atoms with Crippen molar-refractivity contribution in [3.05, 3.63) is 60.7 Å². The van der Waals surface area contributed by atoms with E-state index in [1.165, 1.54) is 0 Å². The van der Waals surface area contributed by atoms with E-state index < -0.39 is 6.29 Å². The molecule has 110 valence electrons. The molecule has 1 atom stereocenters. The van der Waals surface area contributed by atoms with Crippen LogP contribution in [0.4, 0.5) is 0 Å². The fourth-order valence-corrected chi connectivity index (χ4v) is 3.33. The van der Waals surface area contributed by atoms with Crippen LogP contribution in [0.1, 0.15) is 6.92 Å². The SMILES string of the molecule is C=C(C)C(O)Oc1ccc(SSc2ccc(O)cc2)cc1. The van der Waals surface area contributed by atoms with Crippen LogP contribution in [-0.2, 0) is 0 Å². The number of aliphatic hydroxyl groups is 1. The third-order valence-electron chi connectivity index (χ3n) is 2.56. The highest BCUT2D eigenvalue weighted by Crippen LogP contribution is 2.38. The van der Waals surface area contributed by atoms with Crippen LogP contribution in [-0.4, -0.2) is 16.5 Å². The molecule has 0 bridgehead atoms. The maximum atomic E-state index is 9.57. The summed E-state index contributed by atoms with van der Waals surface area (Å²) >= 11 is 0. The summed E-state index contributed by atoms with van der Waals surface area (Å²) in [6.07, 6.45) is -0.977. The summed E-state index contributed by atoms with van der Waals surface area (Å²) in [6, 6.07) is 14.5. The van der Waals surface area contributed by atoms with Gasteiger partial charge in [-0.25, -0.2) is 0 Å². The molecule has 0 saturated heterocycles. The molecule has 0 heterocycles. The van der Waals surface area contributed by atoms with E-state index >= 15 is 0 Å². The number of rotatable bonds is 6. The highest BCUT2D eigenvalue weighted by atomic mass is 33.1. The lowest BCUT2D eigenvalue weighted by Gasteiger charge is -2.13. The third-order valence-corrected chi connectivity index (χ3v) is 4.98. The first-order valence-electron chi connectivity index (χ1n) is 6.28. The summed E-state index contributed by atoms with van der Waals surface area (Å²) in [7, 11) is 3.22. The zero-order valence-electron chi connectivity index (χ0n) is 11.5. The second-order valence-electron chi connectivity index (χ2n) is 4.45. The zero-order chi connectivity index (χ0) is 15.2. The van der Waals surface area contributed by atoms with E-state index in [4.69, 9.17) is 4.74 Å². The van der Waals surface area contributed by atoms with Crippen molar-refractivity contribution in [2.24, 2.45) is 0 Å². The molecule has 1 unspecified atom stereocenters. The van der Waals surface area contributed by atoms with Crippen LogP contribution in [0.5, 0.6) is 11.5 Å². The van der Waals surface area contributed by atoms with E-state index in [9.17, 15) is 10.2 Å². The lowest BCUT2D eigenvalue weighted by molar-refractivity contribution is 0.0151. The van der Waals surface area contributed by atoms with Crippen LogP contribution in [0, 0.1) is 0 Å². The van der Waals surface area contributed by atoms with Gasteiger partial charge in [-0.15, -0.1) is 0 Å². The maximum Gasteiger partial charge on any atom is 0.219 e. The van der Waals surface area contributed by atoms with Crippen LogP contribution < -0.4 is 4.74 Å². The van der Waals surface area contributed by atoms with Gasteiger partial charge in [0.25, 0.3) is 0 Å². The van der Waals surface area contributed by atoms with Crippen molar-refractivity contribution in [1.29, 1.82) is 0 Å². The Morgan fingerprint density at radius 1 is 1.00 bits per heavy atom. The van der Waals surface area contributed by atoms with Crippen molar-refractivity contribution in [1.82, 2.24) is 0 Å². The molecular weight excluding hydrogens is 304 g/mol. The molecule has 0 amide bonds. The number of hydrogen-bond donors (Lipinski definition) is 2. The van der Waals surface area contributed by atoms with Gasteiger partial charge in [-0.05, 0) is 61.0 Å². The zero-order valence-corrected chi connectivity index (χ0v) is 13.2. The molecule has 3 nitrogen and oxygen atoms in total. The minimum atomic E-state index is -0.977. The van der Waals surface area contributed by atoms with Crippen molar-refractivity contribution in [2.45, 2.75) is 23.0 Å². The Labute approximate surface area is 132 Å². The Bertz CT molecular complexity index is 594. The quantitative estimate of drug-likeness (QED) is 0.467. The fourth-order valence-electron chi connectivity index (χ4n) is 1.40. The molecule has 0 aliphatic rings. The van der Waals surface area contributed by atoms with Crippen LogP contribution in [0.3, 0.4) is 0 Å². The Morgan fingerprint density at radius 3 is 1.95 bits per heavy atom. The molecule has 0 aliphatic carbocycles. The first-order chi connectivity index (χ1) is 10.0. The van der Waals surface area contributed by atoms with E-state index in [0.717, 1.165) is 9.79 Å². The maximum absolute atomic E-state index is 9.57. The minimum Gasteiger partial charge on any atom is -0.508 e. The number of aromatic hydroxyl groups is 1. The van der Waals surface area contributed by atoms with E-state index in [1.54, 1.807) is 40.6 Å². The molecule has 0 saturated carbocycles. The summed E-state index contributed by atoms with van der Waals surface area (Å²) < 4.78 is 5.32. The molecule has 2 aromatic rings. The molecule has 0 aromatic heterocycles. The molecule has 0 aliphatic heterocycles. The first-order valence-corrected chi connectivity index (χ1v) is 8.43. The van der Waals surface area contributed by atoms with Gasteiger partial charge in [0.1, 0.15) is 11.5 Å². The topological polar surface area (TPSA) is 49.7 Å². The number of benzene rings is 2. The summed E-state index contributed by atoms with van der Waals surface area (Å²) in [5.74, 6) is 0.867. The minimum absolute atomic E-state index is 0.266. The summed E-state index contributed by atoms with van der Waals surface area (Å²) in [5, 5.41) is 18.8. The van der Waals surface area contributed by atoms with Gasteiger partial charge < -0.3 is 14.9 Å². The fraction of sp³-hybridized carbons (Fsp3) is 0.125. The highest BCUT2D eigenvalue weighted by Gasteiger charge is 2.06. The van der Waals surface area contributed by atoms with Crippen molar-refractivity contribution >= 4 is 21.6 Å². The van der Waals surface area contributed by atoms with Gasteiger partial charge in [0.15, 0.2) is 0 Å². The van der Waals surface area contributed by atoms with Crippen LogP contribution in [0.15, 0.2) is 70.5 Å². The average Bonchev–Trinajstić information content (AvgIpc) is 2.48. The molecule has 21 heavy (non-hydrogen) atoms. The molecule has 2 rings (SSSR count). The number of phenolic OH excluding ortho intramolecular Hbond substituents is 1. The molecule has 0 spiro atoms. The predicted molar refractivity (Wildman–Crippen MR) is 87.7 cm³/mol. The normalized spacial score (nSPS) is 11.9. The number of phenols is 1. The molecule has 2 aromatic carbocycles. The van der Waals surface area contributed by atoms with Gasteiger partial charge in [-0.3, -0.25) is 0 Å². The molecule has 0 fully saturated rings. The lowest BCUT2D eigenvalue weighted by atomic mass is 10.3. The predicted octanol–water partition coefficient (Wildman–Crippen LogP) is 4.46. The van der Waals surface area contributed by atoms with E-state index in [1.807, 2.05) is 36.4 Å². The Hall–Kier alpha value is -1.56. The van der Waals surface area contributed by atoms with Gasteiger partial charge >= 0.3 is 0 Å². The monoisotopic (exact) mass is 320 g/mol. The third kappa shape index (κ3) is 5.04. The summed E-state index contributed by atoms with van der Waals surface area (Å²) in [4.78, 5) is 2.14. The van der Waals surface area contributed by atoms with Gasteiger partial charge in [-0.1, -0.05) is 28.2 Å². The van der Waals surface area contributed by atoms with Gasteiger partial charge in [-0.2, -0.15) is 0 Å². The lowest BCUT2D eigenvalue weighted by Crippen LogP contribution is -2.15. The Balaban J connectivity index is 1.90. The second kappa shape index (κ2) is 7.45. The highest BCUT2D eigenvalue weighted by molar-refractivity contribution is 8.76.